The van der Waals surface area contributed by atoms with E-state index in [1.807, 2.05) is 44.2 Å². The van der Waals surface area contributed by atoms with Crippen molar-refractivity contribution >= 4 is 23.4 Å². The van der Waals surface area contributed by atoms with Crippen LogP contribution in [0.5, 0.6) is 5.75 Å². The summed E-state index contributed by atoms with van der Waals surface area (Å²) in [4.78, 5) is 26.4. The number of likely N-dealkylation sites (N-methyl/N-ethyl adjacent to an activating group) is 1. The number of carbonyl (C=O) groups excluding carboxylic acids is 2. The van der Waals surface area contributed by atoms with E-state index in [0.717, 1.165) is 16.7 Å². The topological polar surface area (TPSA) is 58.6 Å². The van der Waals surface area contributed by atoms with Crippen molar-refractivity contribution in [1.29, 1.82) is 0 Å². The van der Waals surface area contributed by atoms with Crippen LogP contribution in [0.15, 0.2) is 42.5 Å². The highest BCUT2D eigenvalue weighted by Crippen LogP contribution is 2.17. The van der Waals surface area contributed by atoms with Crippen molar-refractivity contribution in [2.24, 2.45) is 0 Å². The van der Waals surface area contributed by atoms with Gasteiger partial charge in [0, 0.05) is 18.6 Å². The number of benzene rings is 2. The summed E-state index contributed by atoms with van der Waals surface area (Å²) >= 11 is 5.92. The summed E-state index contributed by atoms with van der Waals surface area (Å²) in [5.74, 6) is 0.142. The van der Waals surface area contributed by atoms with Gasteiger partial charge < -0.3 is 15.0 Å². The average molecular weight is 389 g/mol. The van der Waals surface area contributed by atoms with E-state index < -0.39 is 6.04 Å². The monoisotopic (exact) mass is 388 g/mol. The van der Waals surface area contributed by atoms with Gasteiger partial charge in [-0.05, 0) is 61.7 Å². The van der Waals surface area contributed by atoms with E-state index in [2.05, 4.69) is 5.32 Å². The van der Waals surface area contributed by atoms with Gasteiger partial charge in [0.2, 0.25) is 5.91 Å². The van der Waals surface area contributed by atoms with E-state index in [9.17, 15) is 9.59 Å². The molecule has 0 radical (unpaired) electrons. The van der Waals surface area contributed by atoms with Gasteiger partial charge in [0.25, 0.3) is 5.91 Å². The van der Waals surface area contributed by atoms with Gasteiger partial charge in [-0.25, -0.2) is 0 Å². The zero-order valence-corrected chi connectivity index (χ0v) is 16.8. The number of carbonyl (C=O) groups is 2. The van der Waals surface area contributed by atoms with Crippen molar-refractivity contribution < 1.29 is 14.3 Å². The van der Waals surface area contributed by atoms with Gasteiger partial charge in [0.15, 0.2) is 6.61 Å². The Bertz CT molecular complexity index is 785. The second-order valence-corrected chi connectivity index (χ2v) is 6.99. The van der Waals surface area contributed by atoms with Crippen molar-refractivity contribution in [2.45, 2.75) is 33.4 Å². The first-order valence-corrected chi connectivity index (χ1v) is 9.14. The summed E-state index contributed by atoms with van der Waals surface area (Å²) in [5.41, 5.74) is 3.01. The maximum absolute atomic E-state index is 12.8. The molecule has 0 heterocycles. The molecular weight excluding hydrogens is 364 g/mol. The Morgan fingerprint density at radius 1 is 1.11 bits per heavy atom. The third-order valence-corrected chi connectivity index (χ3v) is 4.49. The van der Waals surface area contributed by atoms with Crippen LogP contribution in [0.4, 0.5) is 0 Å². The molecule has 0 bridgehead atoms. The number of rotatable bonds is 7. The maximum atomic E-state index is 12.8. The molecule has 0 saturated carbocycles. The number of nitrogens with one attached hydrogen (secondary N) is 1. The molecule has 2 aromatic carbocycles. The summed E-state index contributed by atoms with van der Waals surface area (Å²) in [5, 5.41) is 3.21. The molecule has 1 atom stereocenters. The van der Waals surface area contributed by atoms with Gasteiger partial charge in [-0.3, -0.25) is 9.59 Å². The molecule has 0 fully saturated rings. The van der Waals surface area contributed by atoms with E-state index in [-0.39, 0.29) is 18.4 Å². The molecule has 2 amide bonds. The molecule has 144 valence electrons. The number of nitrogens with zero attached hydrogens (tertiary/aromatic N) is 1. The highest BCUT2D eigenvalue weighted by molar-refractivity contribution is 6.30. The van der Waals surface area contributed by atoms with E-state index in [1.165, 1.54) is 4.90 Å². The first-order chi connectivity index (χ1) is 12.8. The lowest BCUT2D eigenvalue weighted by Crippen LogP contribution is -2.48. The minimum atomic E-state index is -0.624. The molecule has 0 aliphatic carbocycles. The minimum absolute atomic E-state index is 0.141. The lowest BCUT2D eigenvalue weighted by atomic mass is 10.1. The number of amides is 2. The Labute approximate surface area is 165 Å². The predicted octanol–water partition coefficient (Wildman–Crippen LogP) is 3.50. The smallest absolute Gasteiger partial charge is 0.261 e. The van der Waals surface area contributed by atoms with Crippen molar-refractivity contribution in [1.82, 2.24) is 10.2 Å². The third-order valence-electron chi connectivity index (χ3n) is 4.24. The van der Waals surface area contributed by atoms with Crippen LogP contribution in [-0.4, -0.2) is 36.4 Å². The minimum Gasteiger partial charge on any atom is -0.484 e. The summed E-state index contributed by atoms with van der Waals surface area (Å²) < 4.78 is 5.69. The van der Waals surface area contributed by atoms with Crippen LogP contribution in [-0.2, 0) is 16.1 Å². The van der Waals surface area contributed by atoms with Crippen LogP contribution < -0.4 is 10.1 Å². The molecule has 1 N–H and O–H groups in total. The van der Waals surface area contributed by atoms with E-state index in [1.54, 1.807) is 26.1 Å². The average Bonchev–Trinajstić information content (AvgIpc) is 2.63. The van der Waals surface area contributed by atoms with E-state index >= 15 is 0 Å². The van der Waals surface area contributed by atoms with Gasteiger partial charge in [0.1, 0.15) is 11.8 Å². The van der Waals surface area contributed by atoms with E-state index in [4.69, 9.17) is 16.3 Å². The molecule has 0 unspecified atom stereocenters. The third kappa shape index (κ3) is 6.00. The number of hydrogen-bond acceptors (Lipinski definition) is 3. The summed E-state index contributed by atoms with van der Waals surface area (Å²) in [6, 6.07) is 12.4. The van der Waals surface area contributed by atoms with Crippen molar-refractivity contribution in [3.8, 4) is 5.75 Å². The quantitative estimate of drug-likeness (QED) is 0.789. The number of ether oxygens (including phenoxy) is 1. The Morgan fingerprint density at radius 2 is 1.70 bits per heavy atom. The number of aryl methyl sites for hydroxylation is 2. The molecule has 0 aliphatic heterocycles. The highest BCUT2D eigenvalue weighted by Gasteiger charge is 2.25. The van der Waals surface area contributed by atoms with Crippen LogP contribution in [0.2, 0.25) is 5.02 Å². The lowest BCUT2D eigenvalue weighted by Gasteiger charge is -2.28. The molecule has 0 saturated heterocycles. The summed E-state index contributed by atoms with van der Waals surface area (Å²) in [6.45, 7) is 5.80. The Balaban J connectivity index is 2.14. The number of hydrogen-bond donors (Lipinski definition) is 1. The number of halogens is 1. The molecule has 0 spiro atoms. The molecule has 27 heavy (non-hydrogen) atoms. The van der Waals surface area contributed by atoms with Gasteiger partial charge in [-0.15, -0.1) is 0 Å². The molecule has 0 aliphatic rings. The van der Waals surface area contributed by atoms with Gasteiger partial charge >= 0.3 is 0 Å². The van der Waals surface area contributed by atoms with Gasteiger partial charge in [-0.1, -0.05) is 29.8 Å². The second kappa shape index (κ2) is 9.42. The Kier molecular flexibility index (Phi) is 7.25. The molecule has 5 nitrogen and oxygen atoms in total. The van der Waals surface area contributed by atoms with Gasteiger partial charge in [0.05, 0.1) is 0 Å². The van der Waals surface area contributed by atoms with Crippen molar-refractivity contribution in [3.63, 3.8) is 0 Å². The van der Waals surface area contributed by atoms with Crippen LogP contribution in [0, 0.1) is 13.8 Å². The normalized spacial score (nSPS) is 11.6. The van der Waals surface area contributed by atoms with Gasteiger partial charge in [-0.2, -0.15) is 0 Å². The highest BCUT2D eigenvalue weighted by atomic mass is 35.5. The largest absolute Gasteiger partial charge is 0.484 e. The summed E-state index contributed by atoms with van der Waals surface area (Å²) in [7, 11) is 1.55. The standard InChI is InChI=1S/C21H25ClN2O3/c1-14-9-15(2)11-19(10-14)27-13-20(25)24(16(3)21(26)23-4)12-17-5-7-18(22)8-6-17/h5-11,16H,12-13H2,1-4H3,(H,23,26)/t16-/m1/s1. The maximum Gasteiger partial charge on any atom is 0.261 e. The zero-order chi connectivity index (χ0) is 20.0. The fraction of sp³-hybridized carbons (Fsp3) is 0.333. The summed E-state index contributed by atoms with van der Waals surface area (Å²) in [6.07, 6.45) is 0. The Morgan fingerprint density at radius 3 is 2.26 bits per heavy atom. The Hall–Kier alpha value is -2.53. The first-order valence-electron chi connectivity index (χ1n) is 8.76. The van der Waals surface area contributed by atoms with Crippen molar-refractivity contribution in [2.75, 3.05) is 13.7 Å². The second-order valence-electron chi connectivity index (χ2n) is 6.55. The lowest BCUT2D eigenvalue weighted by molar-refractivity contribution is -0.142. The fourth-order valence-corrected chi connectivity index (χ4v) is 2.95. The van der Waals surface area contributed by atoms with Crippen LogP contribution in [0.25, 0.3) is 0 Å². The SMILES string of the molecule is CNC(=O)[C@@H](C)N(Cc1ccc(Cl)cc1)C(=O)COc1cc(C)cc(C)c1. The molecule has 6 heteroatoms. The first kappa shape index (κ1) is 20.8. The van der Waals surface area contributed by atoms with Crippen LogP contribution in [0.1, 0.15) is 23.6 Å². The molecule has 2 rings (SSSR count). The van der Waals surface area contributed by atoms with E-state index in [0.29, 0.717) is 17.3 Å². The fourth-order valence-electron chi connectivity index (χ4n) is 2.82. The van der Waals surface area contributed by atoms with Crippen LogP contribution in [0.3, 0.4) is 0 Å². The zero-order valence-electron chi connectivity index (χ0n) is 16.1. The van der Waals surface area contributed by atoms with Crippen molar-refractivity contribution in [3.05, 3.63) is 64.2 Å². The van der Waals surface area contributed by atoms with Crippen LogP contribution >= 0.6 is 11.6 Å². The molecule has 0 aromatic heterocycles. The molecular formula is C21H25ClN2O3. The molecule has 2 aromatic rings. The predicted molar refractivity (Wildman–Crippen MR) is 107 cm³/mol.